The van der Waals surface area contributed by atoms with Crippen LogP contribution in [0.3, 0.4) is 0 Å². The molecule has 0 spiro atoms. The number of aromatic hydroxyl groups is 4. The second-order valence-electron chi connectivity index (χ2n) is 8.53. The number of phenolic OH excluding ortho intramolecular Hbond substituents is 4. The van der Waals surface area contributed by atoms with Gasteiger partial charge >= 0.3 is 0 Å². The Hall–Kier alpha value is -4.72. The molecule has 0 aliphatic carbocycles. The number of carbonyl (C=O) groups excluding carboxylic acids is 1. The molecule has 0 unspecified atom stereocenters. The summed E-state index contributed by atoms with van der Waals surface area (Å²) in [6.45, 7) is 5.49. The largest absolute Gasteiger partial charge is 0.507 e. The van der Waals surface area contributed by atoms with Crippen LogP contribution in [-0.4, -0.2) is 33.3 Å². The number of methoxy groups -OCH3 is 1. The summed E-state index contributed by atoms with van der Waals surface area (Å²) in [5.41, 5.74) is 1.56. The van der Waals surface area contributed by atoms with Gasteiger partial charge in [-0.1, -0.05) is 23.8 Å². The average molecular weight is 505 g/mol. The van der Waals surface area contributed by atoms with Crippen LogP contribution in [0.5, 0.6) is 28.7 Å². The van der Waals surface area contributed by atoms with E-state index in [2.05, 4.69) is 0 Å². The van der Waals surface area contributed by atoms with Crippen LogP contribution in [0.1, 0.15) is 41.1 Å². The Morgan fingerprint density at radius 3 is 2.22 bits per heavy atom. The SMILES string of the molecule is CC(C)=CCc1c(O)cc2oc(C)cc(=O)c2c1O.COc1ccc(C(=O)c2ccccc2O)c(O)c1. The molecule has 8 heteroatoms. The van der Waals surface area contributed by atoms with Gasteiger partial charge in [-0.25, -0.2) is 0 Å². The second-order valence-corrected chi connectivity index (χ2v) is 8.53. The predicted molar refractivity (Wildman–Crippen MR) is 140 cm³/mol. The van der Waals surface area contributed by atoms with Gasteiger partial charge < -0.3 is 29.6 Å². The van der Waals surface area contributed by atoms with Gasteiger partial charge in [0.15, 0.2) is 11.2 Å². The molecule has 4 N–H and O–H groups in total. The number of ether oxygens (including phenoxy) is 1. The van der Waals surface area contributed by atoms with Crippen LogP contribution in [0.25, 0.3) is 11.0 Å². The first-order chi connectivity index (χ1) is 17.5. The Labute approximate surface area is 213 Å². The zero-order valence-electron chi connectivity index (χ0n) is 20.9. The summed E-state index contributed by atoms with van der Waals surface area (Å²) in [7, 11) is 1.47. The van der Waals surface area contributed by atoms with Crippen molar-refractivity contribution in [2.24, 2.45) is 0 Å². The molecule has 0 atom stereocenters. The molecule has 192 valence electrons. The number of benzene rings is 3. The number of para-hydroxylation sites is 1. The van der Waals surface area contributed by atoms with E-state index in [9.17, 15) is 30.0 Å². The van der Waals surface area contributed by atoms with Crippen LogP contribution in [0.4, 0.5) is 0 Å². The first kappa shape index (κ1) is 26.9. The maximum atomic E-state index is 12.1. The molecule has 0 fully saturated rings. The second kappa shape index (κ2) is 11.3. The lowest BCUT2D eigenvalue weighted by atomic mass is 10.0. The van der Waals surface area contributed by atoms with Gasteiger partial charge in [0.2, 0.25) is 0 Å². The molecule has 1 heterocycles. The smallest absolute Gasteiger partial charge is 0.200 e. The van der Waals surface area contributed by atoms with Gasteiger partial charge in [0, 0.05) is 23.8 Å². The molecule has 37 heavy (non-hydrogen) atoms. The molecule has 0 saturated heterocycles. The number of aryl methyl sites for hydroxylation is 1. The van der Waals surface area contributed by atoms with Gasteiger partial charge in [-0.05, 0) is 51.5 Å². The van der Waals surface area contributed by atoms with E-state index in [1.807, 2.05) is 19.9 Å². The van der Waals surface area contributed by atoms with Crippen molar-refractivity contribution in [2.75, 3.05) is 7.11 Å². The average Bonchev–Trinajstić information content (AvgIpc) is 2.83. The fourth-order valence-corrected chi connectivity index (χ4v) is 3.60. The Balaban J connectivity index is 0.000000206. The number of fused-ring (bicyclic) bond motifs is 1. The van der Waals surface area contributed by atoms with Crippen molar-refractivity contribution in [1.82, 2.24) is 0 Å². The van der Waals surface area contributed by atoms with Crippen molar-refractivity contribution in [1.29, 1.82) is 0 Å². The molecule has 0 amide bonds. The molecule has 3 aromatic carbocycles. The minimum atomic E-state index is -0.437. The van der Waals surface area contributed by atoms with E-state index >= 15 is 0 Å². The number of ketones is 1. The third-order valence-corrected chi connectivity index (χ3v) is 5.51. The molecule has 1 aromatic heterocycles. The van der Waals surface area contributed by atoms with Crippen molar-refractivity contribution in [3.05, 3.63) is 98.9 Å². The van der Waals surface area contributed by atoms with Crippen LogP contribution >= 0.6 is 0 Å². The van der Waals surface area contributed by atoms with Crippen molar-refractivity contribution in [3.8, 4) is 28.7 Å². The molecule has 4 rings (SSSR count). The molecule has 4 aromatic rings. The lowest BCUT2D eigenvalue weighted by molar-refractivity contribution is 0.103. The summed E-state index contributed by atoms with van der Waals surface area (Å²) >= 11 is 0. The molecule has 0 aliphatic heterocycles. The van der Waals surface area contributed by atoms with Crippen molar-refractivity contribution >= 4 is 16.8 Å². The Morgan fingerprint density at radius 1 is 0.919 bits per heavy atom. The number of hydrogen-bond donors (Lipinski definition) is 4. The summed E-state index contributed by atoms with van der Waals surface area (Å²) in [6, 6.07) is 13.3. The highest BCUT2D eigenvalue weighted by Crippen LogP contribution is 2.35. The summed E-state index contributed by atoms with van der Waals surface area (Å²) in [5.74, 6) is -0.110. The number of allylic oxidation sites excluding steroid dienone is 2. The van der Waals surface area contributed by atoms with E-state index in [0.717, 1.165) is 5.57 Å². The fraction of sp³-hybridized carbons (Fsp3) is 0.172. The van der Waals surface area contributed by atoms with E-state index in [4.69, 9.17) is 9.15 Å². The maximum absolute atomic E-state index is 12.1. The highest BCUT2D eigenvalue weighted by atomic mass is 16.5. The zero-order chi connectivity index (χ0) is 27.3. The standard InChI is InChI=1S/C15H16O4.C14H12O4/c1-8(2)4-5-10-11(16)7-13-14(15(10)18)12(17)6-9(3)19-13;1-18-9-6-7-11(13(16)8-9)14(17)10-4-2-3-5-12(10)15/h4,6-7,16,18H,5H2,1-3H3;2-8,15-16H,1H3. The number of hydrogen-bond acceptors (Lipinski definition) is 8. The Bertz CT molecular complexity index is 1540. The first-order valence-electron chi connectivity index (χ1n) is 11.3. The van der Waals surface area contributed by atoms with Gasteiger partial charge in [0.1, 0.15) is 45.5 Å². The highest BCUT2D eigenvalue weighted by Gasteiger charge is 2.17. The zero-order valence-corrected chi connectivity index (χ0v) is 20.9. The molecule has 0 bridgehead atoms. The van der Waals surface area contributed by atoms with E-state index < -0.39 is 5.78 Å². The van der Waals surface area contributed by atoms with Crippen LogP contribution in [0, 0.1) is 6.92 Å². The molecule has 0 radical (unpaired) electrons. The van der Waals surface area contributed by atoms with E-state index in [1.165, 1.54) is 43.5 Å². The fourth-order valence-electron chi connectivity index (χ4n) is 3.60. The monoisotopic (exact) mass is 504 g/mol. The number of carbonyl (C=O) groups is 1. The van der Waals surface area contributed by atoms with Crippen LogP contribution in [0.2, 0.25) is 0 Å². The van der Waals surface area contributed by atoms with Crippen molar-refractivity contribution < 1.29 is 34.4 Å². The lowest BCUT2D eigenvalue weighted by Gasteiger charge is -2.08. The molecular formula is C29H28O8. The summed E-state index contributed by atoms with van der Waals surface area (Å²) < 4.78 is 10.3. The van der Waals surface area contributed by atoms with Gasteiger partial charge in [0.05, 0.1) is 18.2 Å². The minimum absolute atomic E-state index is 0.0729. The van der Waals surface area contributed by atoms with Crippen LogP contribution < -0.4 is 10.2 Å². The third-order valence-electron chi connectivity index (χ3n) is 5.51. The maximum Gasteiger partial charge on any atom is 0.200 e. The normalized spacial score (nSPS) is 10.4. The van der Waals surface area contributed by atoms with E-state index in [0.29, 0.717) is 23.5 Å². The highest BCUT2D eigenvalue weighted by molar-refractivity contribution is 6.12. The number of phenols is 4. The lowest BCUT2D eigenvalue weighted by Crippen LogP contribution is -2.02. The first-order valence-corrected chi connectivity index (χ1v) is 11.3. The molecule has 0 saturated carbocycles. The summed E-state index contributed by atoms with van der Waals surface area (Å²) in [4.78, 5) is 24.0. The van der Waals surface area contributed by atoms with E-state index in [1.54, 1.807) is 25.1 Å². The van der Waals surface area contributed by atoms with Crippen LogP contribution in [-0.2, 0) is 6.42 Å². The predicted octanol–water partition coefficient (Wildman–Crippen LogP) is 5.36. The van der Waals surface area contributed by atoms with Gasteiger partial charge in [-0.3, -0.25) is 9.59 Å². The van der Waals surface area contributed by atoms with Crippen molar-refractivity contribution in [3.63, 3.8) is 0 Å². The molecule has 0 aliphatic rings. The molecular weight excluding hydrogens is 476 g/mol. The van der Waals surface area contributed by atoms with Gasteiger partial charge in [0.25, 0.3) is 0 Å². The topological polar surface area (TPSA) is 137 Å². The van der Waals surface area contributed by atoms with Gasteiger partial charge in [-0.2, -0.15) is 0 Å². The minimum Gasteiger partial charge on any atom is -0.507 e. The Kier molecular flexibility index (Phi) is 8.24. The quantitative estimate of drug-likeness (QED) is 0.211. The molecule has 8 nitrogen and oxygen atoms in total. The van der Waals surface area contributed by atoms with Crippen LogP contribution in [0.15, 0.2) is 75.5 Å². The summed E-state index contributed by atoms with van der Waals surface area (Å²) in [6.07, 6.45) is 2.24. The Morgan fingerprint density at radius 2 is 1.59 bits per heavy atom. The third kappa shape index (κ3) is 6.10. The number of rotatable bonds is 5. The van der Waals surface area contributed by atoms with Gasteiger partial charge in [-0.15, -0.1) is 0 Å². The van der Waals surface area contributed by atoms with Crippen molar-refractivity contribution in [2.45, 2.75) is 27.2 Å². The van der Waals surface area contributed by atoms with E-state index in [-0.39, 0.29) is 50.5 Å². The summed E-state index contributed by atoms with van der Waals surface area (Å²) in [5, 5.41) is 39.6.